The smallest absolute Gasteiger partial charge is 0.303 e. The number of hydrogen-bond acceptors (Lipinski definition) is 3. The Morgan fingerprint density at radius 1 is 1.00 bits per heavy atom. The van der Waals surface area contributed by atoms with Crippen molar-refractivity contribution in [3.63, 3.8) is 0 Å². The number of hydrogen-bond donors (Lipinski definition) is 3. The molecular formula is C18H26N2O4. The van der Waals surface area contributed by atoms with Gasteiger partial charge in [0.25, 0.3) is 11.8 Å². The number of carbonyl (C=O) groups excluding carboxylic acids is 2. The molecule has 0 aliphatic heterocycles. The van der Waals surface area contributed by atoms with E-state index in [4.69, 9.17) is 5.11 Å². The molecule has 0 aromatic heterocycles. The fourth-order valence-electron chi connectivity index (χ4n) is 1.96. The summed E-state index contributed by atoms with van der Waals surface area (Å²) in [7, 11) is 0. The highest BCUT2D eigenvalue weighted by Crippen LogP contribution is 2.11. The van der Waals surface area contributed by atoms with Crippen LogP contribution in [-0.2, 0) is 4.79 Å². The Hall–Kier alpha value is -2.37. The maximum Gasteiger partial charge on any atom is 0.303 e. The van der Waals surface area contributed by atoms with Crippen LogP contribution in [-0.4, -0.2) is 36.0 Å². The summed E-state index contributed by atoms with van der Waals surface area (Å²) >= 11 is 0. The van der Waals surface area contributed by atoms with Crippen molar-refractivity contribution in [1.29, 1.82) is 0 Å². The second-order valence-electron chi connectivity index (χ2n) is 7.23. The Labute approximate surface area is 142 Å². The molecule has 1 aromatic rings. The summed E-state index contributed by atoms with van der Waals surface area (Å²) in [5.74, 6) is -1.49. The van der Waals surface area contributed by atoms with Crippen LogP contribution in [0.3, 0.4) is 0 Å². The van der Waals surface area contributed by atoms with Gasteiger partial charge in [0.15, 0.2) is 0 Å². The summed E-state index contributed by atoms with van der Waals surface area (Å²) in [5.41, 5.74) is 0.933. The van der Waals surface area contributed by atoms with Gasteiger partial charge < -0.3 is 15.7 Å². The average molecular weight is 334 g/mol. The molecule has 2 amide bonds. The molecule has 3 N–H and O–H groups in total. The van der Waals surface area contributed by atoms with Crippen LogP contribution in [0, 0.1) is 11.3 Å². The quantitative estimate of drug-likeness (QED) is 0.713. The largest absolute Gasteiger partial charge is 0.481 e. The lowest BCUT2D eigenvalue weighted by atomic mass is 9.97. The fraction of sp³-hybridized carbons (Fsp3) is 0.500. The van der Waals surface area contributed by atoms with Crippen LogP contribution in [0.5, 0.6) is 0 Å². The number of aliphatic carboxylic acids is 1. The van der Waals surface area contributed by atoms with Gasteiger partial charge in [0, 0.05) is 30.6 Å². The van der Waals surface area contributed by atoms with Crippen LogP contribution < -0.4 is 10.6 Å². The zero-order valence-corrected chi connectivity index (χ0v) is 14.7. The third kappa shape index (κ3) is 7.26. The second kappa shape index (κ2) is 8.47. The van der Waals surface area contributed by atoms with E-state index in [1.165, 1.54) is 0 Å². The van der Waals surface area contributed by atoms with E-state index in [1.54, 1.807) is 31.2 Å². The van der Waals surface area contributed by atoms with Crippen LogP contribution in [0.2, 0.25) is 0 Å². The van der Waals surface area contributed by atoms with Gasteiger partial charge in [-0.25, -0.2) is 0 Å². The number of amides is 2. The molecule has 1 rings (SSSR count). The fourth-order valence-corrected chi connectivity index (χ4v) is 1.96. The lowest BCUT2D eigenvalue weighted by Gasteiger charge is -2.18. The topological polar surface area (TPSA) is 95.5 Å². The van der Waals surface area contributed by atoms with Crippen molar-refractivity contribution in [2.24, 2.45) is 11.3 Å². The van der Waals surface area contributed by atoms with Crippen molar-refractivity contribution in [3.05, 3.63) is 35.4 Å². The zero-order chi connectivity index (χ0) is 18.3. The van der Waals surface area contributed by atoms with E-state index in [-0.39, 0.29) is 29.6 Å². The van der Waals surface area contributed by atoms with Gasteiger partial charge in [-0.05, 0) is 35.6 Å². The molecule has 0 spiro atoms. The van der Waals surface area contributed by atoms with Gasteiger partial charge in [-0.1, -0.05) is 27.7 Å². The van der Waals surface area contributed by atoms with Crippen LogP contribution in [0.4, 0.5) is 0 Å². The Kier molecular flexibility index (Phi) is 6.95. The number of carbonyl (C=O) groups is 3. The summed E-state index contributed by atoms with van der Waals surface area (Å²) in [6, 6.07) is 6.38. The first-order valence-corrected chi connectivity index (χ1v) is 7.97. The summed E-state index contributed by atoms with van der Waals surface area (Å²) in [4.78, 5) is 34.6. The standard InChI is InChI=1S/C18H26N2O4/c1-12(9-15(21)22)10-19-16(23)13-5-7-14(8-6-13)17(24)20-11-18(2,3)4/h5-8,12H,9-11H2,1-4H3,(H,19,23)(H,20,24)(H,21,22). The number of carboxylic acids is 1. The molecule has 6 nitrogen and oxygen atoms in total. The SMILES string of the molecule is CC(CNC(=O)c1ccc(C(=O)NCC(C)(C)C)cc1)CC(=O)O. The molecule has 1 unspecified atom stereocenters. The van der Waals surface area contributed by atoms with E-state index in [0.29, 0.717) is 24.2 Å². The maximum atomic E-state index is 12.0. The third-order valence-corrected chi connectivity index (χ3v) is 3.32. The molecule has 0 bridgehead atoms. The number of nitrogens with one attached hydrogen (secondary N) is 2. The van der Waals surface area contributed by atoms with E-state index >= 15 is 0 Å². The molecule has 1 atom stereocenters. The predicted octanol–water partition coefficient (Wildman–Crippen LogP) is 2.30. The molecule has 24 heavy (non-hydrogen) atoms. The minimum Gasteiger partial charge on any atom is -0.481 e. The second-order valence-corrected chi connectivity index (χ2v) is 7.23. The predicted molar refractivity (Wildman–Crippen MR) is 92.0 cm³/mol. The number of carboxylic acid groups (broad SMARTS) is 1. The van der Waals surface area contributed by atoms with Crippen molar-refractivity contribution in [3.8, 4) is 0 Å². The first-order valence-electron chi connectivity index (χ1n) is 7.97. The molecule has 0 radical (unpaired) electrons. The lowest BCUT2D eigenvalue weighted by Crippen LogP contribution is -2.32. The van der Waals surface area contributed by atoms with E-state index < -0.39 is 5.97 Å². The van der Waals surface area contributed by atoms with Gasteiger partial charge in [-0.3, -0.25) is 14.4 Å². The Morgan fingerprint density at radius 3 is 1.88 bits per heavy atom. The van der Waals surface area contributed by atoms with E-state index in [1.807, 2.05) is 20.8 Å². The lowest BCUT2D eigenvalue weighted by molar-refractivity contribution is -0.137. The first kappa shape index (κ1) is 19.7. The first-order chi connectivity index (χ1) is 11.1. The third-order valence-electron chi connectivity index (χ3n) is 3.32. The Morgan fingerprint density at radius 2 is 1.46 bits per heavy atom. The highest BCUT2D eigenvalue weighted by molar-refractivity contribution is 5.97. The number of rotatable bonds is 7. The molecule has 0 saturated carbocycles. The van der Waals surface area contributed by atoms with Gasteiger partial charge in [0.05, 0.1) is 0 Å². The summed E-state index contributed by atoms with van der Waals surface area (Å²) in [6.07, 6.45) is 0.00711. The van der Waals surface area contributed by atoms with Gasteiger partial charge >= 0.3 is 5.97 Å². The Bertz CT molecular complexity index is 588. The molecule has 0 aliphatic rings. The minimum absolute atomic E-state index is 0.00211. The van der Waals surface area contributed by atoms with E-state index in [2.05, 4.69) is 10.6 Å². The van der Waals surface area contributed by atoms with Crippen LogP contribution in [0.1, 0.15) is 54.8 Å². The van der Waals surface area contributed by atoms with Crippen molar-refractivity contribution >= 4 is 17.8 Å². The van der Waals surface area contributed by atoms with Crippen molar-refractivity contribution in [2.75, 3.05) is 13.1 Å². The molecule has 0 heterocycles. The highest BCUT2D eigenvalue weighted by atomic mass is 16.4. The summed E-state index contributed by atoms with van der Waals surface area (Å²) in [5, 5.41) is 14.2. The average Bonchev–Trinajstić information content (AvgIpc) is 2.49. The molecule has 0 aliphatic carbocycles. The summed E-state index contributed by atoms with van der Waals surface area (Å²) < 4.78 is 0. The summed E-state index contributed by atoms with van der Waals surface area (Å²) in [6.45, 7) is 8.72. The normalized spacial score (nSPS) is 12.3. The van der Waals surface area contributed by atoms with Gasteiger partial charge in [-0.15, -0.1) is 0 Å². The molecule has 0 fully saturated rings. The van der Waals surface area contributed by atoms with Crippen molar-refractivity contribution < 1.29 is 19.5 Å². The minimum atomic E-state index is -0.887. The van der Waals surface area contributed by atoms with Crippen LogP contribution in [0.15, 0.2) is 24.3 Å². The Balaban J connectivity index is 2.55. The van der Waals surface area contributed by atoms with Crippen LogP contribution in [0.25, 0.3) is 0 Å². The van der Waals surface area contributed by atoms with E-state index in [0.717, 1.165) is 0 Å². The van der Waals surface area contributed by atoms with Crippen molar-refractivity contribution in [2.45, 2.75) is 34.1 Å². The van der Waals surface area contributed by atoms with Gasteiger partial charge in [-0.2, -0.15) is 0 Å². The molecule has 6 heteroatoms. The monoisotopic (exact) mass is 334 g/mol. The molecule has 132 valence electrons. The van der Waals surface area contributed by atoms with E-state index in [9.17, 15) is 14.4 Å². The molecular weight excluding hydrogens is 308 g/mol. The molecule has 1 aromatic carbocycles. The number of benzene rings is 1. The highest BCUT2D eigenvalue weighted by Gasteiger charge is 2.14. The van der Waals surface area contributed by atoms with Crippen molar-refractivity contribution in [1.82, 2.24) is 10.6 Å². The molecule has 0 saturated heterocycles. The zero-order valence-electron chi connectivity index (χ0n) is 14.7. The van der Waals surface area contributed by atoms with Gasteiger partial charge in [0.2, 0.25) is 0 Å². The van der Waals surface area contributed by atoms with Gasteiger partial charge in [0.1, 0.15) is 0 Å². The van der Waals surface area contributed by atoms with Crippen LogP contribution >= 0.6 is 0 Å². The maximum absolute atomic E-state index is 12.0.